The normalized spacial score (nSPS) is 10.2. The molecule has 0 spiro atoms. The number of carbonyl (C=O) groups is 1. The number of aryl methyl sites for hydroxylation is 1. The first-order valence-corrected chi connectivity index (χ1v) is 6.74. The number of rotatable bonds is 9. The second-order valence-corrected chi connectivity index (χ2v) is 4.24. The molecule has 0 saturated carbocycles. The first-order valence-electron chi connectivity index (χ1n) is 6.74. The Kier molecular flexibility index (Phi) is 7.34. The average molecular weight is 281 g/mol. The minimum Gasteiger partial charge on any atom is -0.383 e. The Balaban J connectivity index is 2.36. The maximum atomic E-state index is 11.5. The van der Waals surface area contributed by atoms with Crippen LogP contribution in [0, 0.1) is 6.92 Å². The predicted molar refractivity (Wildman–Crippen MR) is 78.9 cm³/mol. The van der Waals surface area contributed by atoms with Crippen LogP contribution in [0.15, 0.2) is 6.07 Å². The summed E-state index contributed by atoms with van der Waals surface area (Å²) in [7, 11) is 1.60. The number of anilines is 2. The minimum absolute atomic E-state index is 0.00719. The van der Waals surface area contributed by atoms with Crippen molar-refractivity contribution in [3.05, 3.63) is 11.9 Å². The van der Waals surface area contributed by atoms with Gasteiger partial charge in [-0.05, 0) is 13.8 Å². The highest BCUT2D eigenvalue weighted by Crippen LogP contribution is 2.10. The van der Waals surface area contributed by atoms with E-state index in [1.54, 1.807) is 7.11 Å². The molecule has 0 saturated heterocycles. The van der Waals surface area contributed by atoms with Crippen molar-refractivity contribution in [2.45, 2.75) is 20.3 Å². The molecule has 0 unspecified atom stereocenters. The standard InChI is InChI=1S/C13H23N5O2/c1-4-14-11-9-12(18-10(2)17-11)15-6-5-13(19)16-7-8-20-3/h9H,4-8H2,1-3H3,(H,16,19)(H2,14,15,17,18). The molecular weight excluding hydrogens is 258 g/mol. The van der Waals surface area contributed by atoms with Crippen molar-refractivity contribution in [3.8, 4) is 0 Å². The zero-order valence-electron chi connectivity index (χ0n) is 12.3. The number of amides is 1. The Bertz CT molecular complexity index is 425. The topological polar surface area (TPSA) is 88.2 Å². The number of hydrogen-bond donors (Lipinski definition) is 3. The Morgan fingerprint density at radius 3 is 2.60 bits per heavy atom. The van der Waals surface area contributed by atoms with E-state index in [1.807, 2.05) is 19.9 Å². The van der Waals surface area contributed by atoms with Gasteiger partial charge in [-0.2, -0.15) is 0 Å². The lowest BCUT2D eigenvalue weighted by atomic mass is 10.4. The molecule has 3 N–H and O–H groups in total. The van der Waals surface area contributed by atoms with Crippen LogP contribution in [0.1, 0.15) is 19.2 Å². The number of nitrogens with zero attached hydrogens (tertiary/aromatic N) is 2. The first-order chi connectivity index (χ1) is 9.65. The molecule has 0 aliphatic carbocycles. The quantitative estimate of drug-likeness (QED) is 0.580. The highest BCUT2D eigenvalue weighted by Gasteiger charge is 2.03. The summed E-state index contributed by atoms with van der Waals surface area (Å²) in [5.41, 5.74) is 0. The Hall–Kier alpha value is -1.89. The van der Waals surface area contributed by atoms with Crippen molar-refractivity contribution in [2.75, 3.05) is 44.0 Å². The van der Waals surface area contributed by atoms with Crippen LogP contribution in [0.5, 0.6) is 0 Å². The molecular formula is C13H23N5O2. The van der Waals surface area contributed by atoms with E-state index in [4.69, 9.17) is 4.74 Å². The van der Waals surface area contributed by atoms with Crippen molar-refractivity contribution < 1.29 is 9.53 Å². The molecule has 0 bridgehead atoms. The fraction of sp³-hybridized carbons (Fsp3) is 0.615. The lowest BCUT2D eigenvalue weighted by Gasteiger charge is -2.09. The van der Waals surface area contributed by atoms with Gasteiger partial charge < -0.3 is 20.7 Å². The van der Waals surface area contributed by atoms with Crippen LogP contribution in [0.25, 0.3) is 0 Å². The van der Waals surface area contributed by atoms with Crippen LogP contribution in [-0.2, 0) is 9.53 Å². The number of carbonyl (C=O) groups excluding carboxylic acids is 1. The van der Waals surface area contributed by atoms with Gasteiger partial charge >= 0.3 is 0 Å². The highest BCUT2D eigenvalue weighted by molar-refractivity contribution is 5.76. The van der Waals surface area contributed by atoms with Crippen molar-refractivity contribution >= 4 is 17.5 Å². The monoisotopic (exact) mass is 281 g/mol. The zero-order valence-corrected chi connectivity index (χ0v) is 12.3. The third kappa shape index (κ3) is 6.33. The van der Waals surface area contributed by atoms with Crippen LogP contribution < -0.4 is 16.0 Å². The average Bonchev–Trinajstić information content (AvgIpc) is 2.39. The van der Waals surface area contributed by atoms with Gasteiger partial charge in [0.15, 0.2) is 0 Å². The molecule has 112 valence electrons. The van der Waals surface area contributed by atoms with Gasteiger partial charge in [-0.3, -0.25) is 4.79 Å². The van der Waals surface area contributed by atoms with Crippen LogP contribution >= 0.6 is 0 Å². The van der Waals surface area contributed by atoms with Gasteiger partial charge in [0, 0.05) is 39.2 Å². The van der Waals surface area contributed by atoms with Gasteiger partial charge in [0.2, 0.25) is 5.91 Å². The highest BCUT2D eigenvalue weighted by atomic mass is 16.5. The molecule has 7 heteroatoms. The van der Waals surface area contributed by atoms with Gasteiger partial charge in [0.05, 0.1) is 6.61 Å². The van der Waals surface area contributed by atoms with Gasteiger partial charge in [0.25, 0.3) is 0 Å². The van der Waals surface area contributed by atoms with Gasteiger partial charge in [-0.15, -0.1) is 0 Å². The van der Waals surface area contributed by atoms with E-state index in [0.717, 1.165) is 18.2 Å². The van der Waals surface area contributed by atoms with Crippen molar-refractivity contribution in [3.63, 3.8) is 0 Å². The molecule has 1 heterocycles. The van der Waals surface area contributed by atoms with Gasteiger partial charge in [0.1, 0.15) is 17.5 Å². The molecule has 0 aliphatic heterocycles. The van der Waals surface area contributed by atoms with Crippen molar-refractivity contribution in [1.29, 1.82) is 0 Å². The van der Waals surface area contributed by atoms with E-state index in [-0.39, 0.29) is 5.91 Å². The lowest BCUT2D eigenvalue weighted by Crippen LogP contribution is -2.28. The second-order valence-electron chi connectivity index (χ2n) is 4.24. The fourth-order valence-electron chi connectivity index (χ4n) is 1.61. The van der Waals surface area contributed by atoms with Crippen LogP contribution in [0.2, 0.25) is 0 Å². The summed E-state index contributed by atoms with van der Waals surface area (Å²) in [6.07, 6.45) is 0.392. The molecule has 1 rings (SSSR count). The number of hydrogen-bond acceptors (Lipinski definition) is 6. The van der Waals surface area contributed by atoms with E-state index < -0.39 is 0 Å². The number of aromatic nitrogens is 2. The molecule has 0 fully saturated rings. The fourth-order valence-corrected chi connectivity index (χ4v) is 1.61. The van der Waals surface area contributed by atoms with Crippen molar-refractivity contribution in [1.82, 2.24) is 15.3 Å². The molecule has 0 radical (unpaired) electrons. The summed E-state index contributed by atoms with van der Waals surface area (Å²) >= 11 is 0. The van der Waals surface area contributed by atoms with E-state index in [0.29, 0.717) is 31.9 Å². The van der Waals surface area contributed by atoms with Crippen molar-refractivity contribution in [2.24, 2.45) is 0 Å². The minimum atomic E-state index is -0.00719. The maximum Gasteiger partial charge on any atom is 0.221 e. The number of nitrogens with one attached hydrogen (secondary N) is 3. The summed E-state index contributed by atoms with van der Waals surface area (Å²) in [5.74, 6) is 2.19. The first kappa shape index (κ1) is 16.2. The molecule has 0 aromatic carbocycles. The molecule has 1 amide bonds. The molecule has 0 aliphatic rings. The summed E-state index contributed by atoms with van der Waals surface area (Å²) in [5, 5.41) is 9.02. The van der Waals surface area contributed by atoms with E-state index in [9.17, 15) is 4.79 Å². The summed E-state index contributed by atoms with van der Waals surface area (Å²) < 4.78 is 4.86. The van der Waals surface area contributed by atoms with E-state index in [1.165, 1.54) is 0 Å². The van der Waals surface area contributed by atoms with Gasteiger partial charge in [-0.1, -0.05) is 0 Å². The molecule has 7 nitrogen and oxygen atoms in total. The Labute approximate surface area is 119 Å². The third-order valence-electron chi connectivity index (χ3n) is 2.48. The summed E-state index contributed by atoms with van der Waals surface area (Å²) in [6, 6.07) is 1.83. The molecule has 20 heavy (non-hydrogen) atoms. The summed E-state index contributed by atoms with van der Waals surface area (Å²) in [4.78, 5) is 20.0. The third-order valence-corrected chi connectivity index (χ3v) is 2.48. The van der Waals surface area contributed by atoms with Gasteiger partial charge in [-0.25, -0.2) is 9.97 Å². The SMILES string of the molecule is CCNc1cc(NCCC(=O)NCCOC)nc(C)n1. The lowest BCUT2D eigenvalue weighted by molar-refractivity contribution is -0.121. The Morgan fingerprint density at radius 1 is 1.25 bits per heavy atom. The van der Waals surface area contributed by atoms with Crippen LogP contribution in [0.3, 0.4) is 0 Å². The second kappa shape index (κ2) is 9.08. The molecule has 1 aromatic heterocycles. The maximum absolute atomic E-state index is 11.5. The Morgan fingerprint density at radius 2 is 1.95 bits per heavy atom. The smallest absolute Gasteiger partial charge is 0.221 e. The van der Waals surface area contributed by atoms with Crippen LogP contribution in [-0.4, -0.2) is 49.2 Å². The number of ether oxygens (including phenoxy) is 1. The van der Waals surface area contributed by atoms with E-state index >= 15 is 0 Å². The van der Waals surface area contributed by atoms with E-state index in [2.05, 4.69) is 25.9 Å². The predicted octanol–water partition coefficient (Wildman–Crippen LogP) is 0.781. The molecule has 0 atom stereocenters. The zero-order chi connectivity index (χ0) is 14.8. The largest absolute Gasteiger partial charge is 0.383 e. The molecule has 1 aromatic rings. The van der Waals surface area contributed by atoms with Crippen LogP contribution in [0.4, 0.5) is 11.6 Å². The number of methoxy groups -OCH3 is 1. The summed E-state index contributed by atoms with van der Waals surface area (Å²) in [6.45, 7) is 6.24.